The summed E-state index contributed by atoms with van der Waals surface area (Å²) in [6.45, 7) is 5.43. The van der Waals surface area contributed by atoms with Crippen LogP contribution in [-0.2, 0) is 11.3 Å². The van der Waals surface area contributed by atoms with Gasteiger partial charge in [-0.15, -0.1) is 0 Å². The third-order valence-corrected chi connectivity index (χ3v) is 3.76. The summed E-state index contributed by atoms with van der Waals surface area (Å²) >= 11 is 0. The first-order valence-electron chi connectivity index (χ1n) is 6.98. The van der Waals surface area contributed by atoms with Crippen LogP contribution in [0.3, 0.4) is 0 Å². The lowest BCUT2D eigenvalue weighted by Gasteiger charge is -2.32. The number of hydrogen-bond donors (Lipinski definition) is 1. The van der Waals surface area contributed by atoms with Gasteiger partial charge in [0.05, 0.1) is 12.2 Å². The van der Waals surface area contributed by atoms with Gasteiger partial charge in [0.25, 0.3) is 0 Å². The zero-order chi connectivity index (χ0) is 13.2. The van der Waals surface area contributed by atoms with Crippen molar-refractivity contribution < 1.29 is 14.2 Å². The maximum atomic E-state index is 5.76. The Balaban J connectivity index is 1.62. The van der Waals surface area contributed by atoms with Crippen molar-refractivity contribution in [2.24, 2.45) is 0 Å². The van der Waals surface area contributed by atoms with Gasteiger partial charge >= 0.3 is 0 Å². The summed E-state index contributed by atoms with van der Waals surface area (Å²) in [7, 11) is 0. The Morgan fingerprint density at radius 2 is 1.95 bits per heavy atom. The average Bonchev–Trinajstić information content (AvgIpc) is 2.83. The van der Waals surface area contributed by atoms with E-state index in [1.807, 2.05) is 12.1 Å². The number of nitrogens with one attached hydrogen (secondary N) is 1. The predicted octanol–water partition coefficient (Wildman–Crippen LogP) is 2.46. The van der Waals surface area contributed by atoms with Gasteiger partial charge < -0.3 is 19.5 Å². The Morgan fingerprint density at radius 1 is 1.16 bits per heavy atom. The number of benzene rings is 1. The monoisotopic (exact) mass is 263 g/mol. The molecule has 1 fully saturated rings. The Hall–Kier alpha value is -1.26. The lowest BCUT2D eigenvalue weighted by molar-refractivity contribution is -0.0423. The molecule has 2 heterocycles. The van der Waals surface area contributed by atoms with Crippen molar-refractivity contribution in [3.05, 3.63) is 23.8 Å². The minimum atomic E-state index is 0.331. The van der Waals surface area contributed by atoms with Gasteiger partial charge in [-0.25, -0.2) is 0 Å². The van der Waals surface area contributed by atoms with Crippen LogP contribution in [0.5, 0.6) is 11.5 Å². The summed E-state index contributed by atoms with van der Waals surface area (Å²) in [6.07, 6.45) is 2.80. The van der Waals surface area contributed by atoms with Crippen molar-refractivity contribution in [1.29, 1.82) is 0 Å². The maximum Gasteiger partial charge on any atom is 0.231 e. The standard InChI is InChI=1S/C15H21NO3/c1-10-6-13(7-11(2)19-10)16-8-12-4-3-5-14-15(12)18-9-17-14/h3-5,10-11,13,16H,6-9H2,1-2H3/t10-,11+,13?. The third kappa shape index (κ3) is 2.85. The Bertz CT molecular complexity index is 439. The van der Waals surface area contributed by atoms with Gasteiger partial charge in [-0.2, -0.15) is 0 Å². The molecule has 0 amide bonds. The molecule has 0 spiro atoms. The third-order valence-electron chi connectivity index (χ3n) is 3.76. The summed E-state index contributed by atoms with van der Waals surface area (Å²) in [5, 5.41) is 3.61. The van der Waals surface area contributed by atoms with E-state index in [-0.39, 0.29) is 0 Å². The second-order valence-corrected chi connectivity index (χ2v) is 5.46. The van der Waals surface area contributed by atoms with Crippen molar-refractivity contribution in [2.75, 3.05) is 6.79 Å². The number of fused-ring (bicyclic) bond motifs is 1. The minimum absolute atomic E-state index is 0.331. The van der Waals surface area contributed by atoms with Gasteiger partial charge in [-0.1, -0.05) is 12.1 Å². The van der Waals surface area contributed by atoms with E-state index in [9.17, 15) is 0 Å². The molecule has 0 radical (unpaired) electrons. The molecule has 0 saturated carbocycles. The second-order valence-electron chi connectivity index (χ2n) is 5.46. The topological polar surface area (TPSA) is 39.7 Å². The Morgan fingerprint density at radius 3 is 2.74 bits per heavy atom. The Labute approximate surface area is 114 Å². The molecule has 19 heavy (non-hydrogen) atoms. The van der Waals surface area contributed by atoms with Gasteiger partial charge in [-0.05, 0) is 32.8 Å². The smallest absolute Gasteiger partial charge is 0.231 e. The molecule has 0 aromatic heterocycles. The molecule has 2 aliphatic rings. The van der Waals surface area contributed by atoms with Crippen LogP contribution in [0.1, 0.15) is 32.3 Å². The van der Waals surface area contributed by atoms with Gasteiger partial charge in [0.15, 0.2) is 11.5 Å². The summed E-state index contributed by atoms with van der Waals surface area (Å²) < 4.78 is 16.7. The molecule has 3 rings (SSSR count). The molecular weight excluding hydrogens is 242 g/mol. The highest BCUT2D eigenvalue weighted by Crippen LogP contribution is 2.35. The molecule has 1 N–H and O–H groups in total. The van der Waals surface area contributed by atoms with Crippen LogP contribution in [0.15, 0.2) is 18.2 Å². The minimum Gasteiger partial charge on any atom is -0.454 e. The van der Waals surface area contributed by atoms with Gasteiger partial charge in [-0.3, -0.25) is 0 Å². The van der Waals surface area contributed by atoms with Crippen molar-refractivity contribution >= 4 is 0 Å². The van der Waals surface area contributed by atoms with E-state index in [0.717, 1.165) is 30.9 Å². The molecule has 1 unspecified atom stereocenters. The summed E-state index contributed by atoms with van der Waals surface area (Å²) in [5.41, 5.74) is 1.17. The molecule has 104 valence electrons. The predicted molar refractivity (Wildman–Crippen MR) is 72.4 cm³/mol. The van der Waals surface area contributed by atoms with Crippen LogP contribution in [0.4, 0.5) is 0 Å². The lowest BCUT2D eigenvalue weighted by atomic mass is 9.99. The highest BCUT2D eigenvalue weighted by Gasteiger charge is 2.24. The number of ether oxygens (including phenoxy) is 3. The van der Waals surface area contributed by atoms with Crippen molar-refractivity contribution in [2.45, 2.75) is 51.5 Å². The van der Waals surface area contributed by atoms with Crippen LogP contribution in [0.2, 0.25) is 0 Å². The van der Waals surface area contributed by atoms with Gasteiger partial charge in [0.1, 0.15) is 0 Å². The van der Waals surface area contributed by atoms with E-state index < -0.39 is 0 Å². The molecule has 3 atom stereocenters. The molecule has 4 heteroatoms. The van der Waals surface area contributed by atoms with Crippen molar-refractivity contribution in [1.82, 2.24) is 5.32 Å². The van der Waals surface area contributed by atoms with E-state index >= 15 is 0 Å². The quantitative estimate of drug-likeness (QED) is 0.909. The molecular formula is C15H21NO3. The fourth-order valence-corrected chi connectivity index (χ4v) is 2.96. The first kappa shape index (κ1) is 12.8. The molecule has 1 aromatic rings. The normalized spacial score (nSPS) is 29.5. The largest absolute Gasteiger partial charge is 0.454 e. The molecule has 4 nitrogen and oxygen atoms in total. The van der Waals surface area contributed by atoms with E-state index in [0.29, 0.717) is 25.0 Å². The number of rotatable bonds is 3. The maximum absolute atomic E-state index is 5.76. The van der Waals surface area contributed by atoms with Crippen molar-refractivity contribution in [3.8, 4) is 11.5 Å². The van der Waals surface area contributed by atoms with Crippen LogP contribution < -0.4 is 14.8 Å². The molecule has 0 aliphatic carbocycles. The summed E-state index contributed by atoms with van der Waals surface area (Å²) in [6, 6.07) is 6.56. The fraction of sp³-hybridized carbons (Fsp3) is 0.600. The summed E-state index contributed by atoms with van der Waals surface area (Å²) in [4.78, 5) is 0. The van der Waals surface area contributed by atoms with Crippen LogP contribution in [0.25, 0.3) is 0 Å². The van der Waals surface area contributed by atoms with E-state index in [1.165, 1.54) is 5.56 Å². The van der Waals surface area contributed by atoms with Crippen LogP contribution in [-0.4, -0.2) is 25.0 Å². The zero-order valence-corrected chi connectivity index (χ0v) is 11.5. The first-order valence-corrected chi connectivity index (χ1v) is 6.98. The average molecular weight is 263 g/mol. The second kappa shape index (κ2) is 5.39. The van der Waals surface area contributed by atoms with Crippen molar-refractivity contribution in [3.63, 3.8) is 0 Å². The molecule has 1 saturated heterocycles. The fourth-order valence-electron chi connectivity index (χ4n) is 2.96. The highest BCUT2D eigenvalue weighted by atomic mass is 16.7. The summed E-state index contributed by atoms with van der Waals surface area (Å²) in [5.74, 6) is 1.75. The number of hydrogen-bond acceptors (Lipinski definition) is 4. The lowest BCUT2D eigenvalue weighted by Crippen LogP contribution is -2.40. The van der Waals surface area contributed by atoms with Gasteiger partial charge in [0.2, 0.25) is 6.79 Å². The SMILES string of the molecule is C[C@@H]1CC(NCc2cccc3c2OCO3)C[C@H](C)O1. The molecule has 0 bridgehead atoms. The number of para-hydroxylation sites is 1. The first-order chi connectivity index (χ1) is 9.22. The van der Waals surface area contributed by atoms with Crippen LogP contribution >= 0.6 is 0 Å². The zero-order valence-electron chi connectivity index (χ0n) is 11.5. The molecule has 1 aromatic carbocycles. The Kier molecular flexibility index (Phi) is 3.62. The van der Waals surface area contributed by atoms with Gasteiger partial charge in [0, 0.05) is 18.2 Å². The van der Waals surface area contributed by atoms with E-state index in [2.05, 4.69) is 25.2 Å². The van der Waals surface area contributed by atoms with E-state index in [4.69, 9.17) is 14.2 Å². The molecule has 2 aliphatic heterocycles. The van der Waals surface area contributed by atoms with Crippen LogP contribution in [0, 0.1) is 0 Å². The highest BCUT2D eigenvalue weighted by molar-refractivity contribution is 5.48. The van der Waals surface area contributed by atoms with E-state index in [1.54, 1.807) is 0 Å².